The van der Waals surface area contributed by atoms with Crippen LogP contribution in [0.4, 0.5) is 17.3 Å². The van der Waals surface area contributed by atoms with Crippen molar-refractivity contribution in [2.45, 2.75) is 0 Å². The fraction of sp³-hybridized carbons (Fsp3) is 0.0909. The highest BCUT2D eigenvalue weighted by Gasteiger charge is 2.07. The van der Waals surface area contributed by atoms with Crippen molar-refractivity contribution in [3.8, 4) is 0 Å². The molecule has 3 heterocycles. The molecule has 7 heteroatoms. The van der Waals surface area contributed by atoms with Crippen LogP contribution in [0, 0.1) is 0 Å². The highest BCUT2D eigenvalue weighted by atomic mass is 15.1. The van der Waals surface area contributed by atoms with Gasteiger partial charge in [-0.2, -0.15) is 0 Å². The maximum atomic E-state index is 5.61. The summed E-state index contributed by atoms with van der Waals surface area (Å²) in [6, 6.07) is 3.50. The van der Waals surface area contributed by atoms with E-state index in [1.54, 1.807) is 18.6 Å². The lowest BCUT2D eigenvalue weighted by Crippen LogP contribution is -1.98. The molecule has 90 valence electrons. The Hall–Kier alpha value is -2.70. The van der Waals surface area contributed by atoms with Crippen LogP contribution >= 0.6 is 0 Å². The summed E-state index contributed by atoms with van der Waals surface area (Å²) in [4.78, 5) is 16.5. The number of hydrogen-bond acceptors (Lipinski definition) is 6. The Morgan fingerprint density at radius 1 is 1.22 bits per heavy atom. The molecule has 0 aliphatic rings. The van der Waals surface area contributed by atoms with Crippen LogP contribution in [-0.4, -0.2) is 24.5 Å². The summed E-state index contributed by atoms with van der Waals surface area (Å²) in [6.45, 7) is 0. The van der Waals surface area contributed by atoms with Gasteiger partial charge in [0, 0.05) is 19.3 Å². The van der Waals surface area contributed by atoms with Gasteiger partial charge < -0.3 is 15.6 Å². The van der Waals surface area contributed by atoms with Crippen molar-refractivity contribution in [1.82, 2.24) is 24.5 Å². The van der Waals surface area contributed by atoms with Gasteiger partial charge in [-0.15, -0.1) is 0 Å². The van der Waals surface area contributed by atoms with Crippen molar-refractivity contribution in [3.63, 3.8) is 0 Å². The Bertz CT molecular complexity index is 703. The largest absolute Gasteiger partial charge is 0.384 e. The van der Waals surface area contributed by atoms with E-state index in [-0.39, 0.29) is 0 Å². The van der Waals surface area contributed by atoms with E-state index in [2.05, 4.69) is 25.3 Å². The molecular formula is C11H11N7. The quantitative estimate of drug-likeness (QED) is 0.697. The summed E-state index contributed by atoms with van der Waals surface area (Å²) in [5.41, 5.74) is 8.03. The molecule has 0 radical (unpaired) electrons. The SMILES string of the molecule is Cn1cnc2c(Nc3cc(N)ncn3)ccnc21. The molecule has 0 fully saturated rings. The topological polar surface area (TPSA) is 94.5 Å². The van der Waals surface area contributed by atoms with Crippen molar-refractivity contribution in [3.05, 3.63) is 31.0 Å². The number of pyridine rings is 1. The number of aromatic nitrogens is 5. The molecule has 0 spiro atoms. The third-order valence-electron chi connectivity index (χ3n) is 2.55. The summed E-state index contributed by atoms with van der Waals surface area (Å²) in [5.74, 6) is 1.04. The van der Waals surface area contributed by atoms with Gasteiger partial charge in [-0.05, 0) is 6.07 Å². The van der Waals surface area contributed by atoms with Gasteiger partial charge in [0.15, 0.2) is 5.65 Å². The second-order valence-corrected chi connectivity index (χ2v) is 3.84. The first kappa shape index (κ1) is 10.5. The molecule has 18 heavy (non-hydrogen) atoms. The number of nitrogens with two attached hydrogens (primary N) is 1. The van der Waals surface area contributed by atoms with E-state index >= 15 is 0 Å². The van der Waals surface area contributed by atoms with Gasteiger partial charge in [0.2, 0.25) is 0 Å². The average molecular weight is 241 g/mol. The number of nitrogen functional groups attached to an aromatic ring is 1. The van der Waals surface area contributed by atoms with E-state index in [9.17, 15) is 0 Å². The highest BCUT2D eigenvalue weighted by Crippen LogP contribution is 2.22. The van der Waals surface area contributed by atoms with E-state index in [1.165, 1.54) is 6.33 Å². The van der Waals surface area contributed by atoms with E-state index in [0.717, 1.165) is 16.9 Å². The van der Waals surface area contributed by atoms with Gasteiger partial charge in [0.1, 0.15) is 23.5 Å². The summed E-state index contributed by atoms with van der Waals surface area (Å²) < 4.78 is 1.86. The normalized spacial score (nSPS) is 10.7. The molecule has 0 unspecified atom stereocenters. The molecule has 3 N–H and O–H groups in total. The smallest absolute Gasteiger partial charge is 0.161 e. The first-order valence-corrected chi connectivity index (χ1v) is 5.34. The Kier molecular flexibility index (Phi) is 2.30. The molecule has 0 saturated heterocycles. The minimum Gasteiger partial charge on any atom is -0.384 e. The van der Waals surface area contributed by atoms with E-state index in [1.807, 2.05) is 17.7 Å². The van der Waals surface area contributed by atoms with Crippen LogP contribution in [0.3, 0.4) is 0 Å². The number of fused-ring (bicyclic) bond motifs is 1. The van der Waals surface area contributed by atoms with Gasteiger partial charge in [0.25, 0.3) is 0 Å². The molecule has 0 aliphatic carbocycles. The van der Waals surface area contributed by atoms with Crippen LogP contribution in [0.2, 0.25) is 0 Å². The lowest BCUT2D eigenvalue weighted by atomic mass is 10.3. The molecular weight excluding hydrogens is 230 g/mol. The van der Waals surface area contributed by atoms with Gasteiger partial charge in [-0.25, -0.2) is 19.9 Å². The minimum absolute atomic E-state index is 0.416. The molecule has 3 aromatic heterocycles. The second kappa shape index (κ2) is 3.95. The van der Waals surface area contributed by atoms with Gasteiger partial charge in [0.05, 0.1) is 12.0 Å². The Balaban J connectivity index is 2.05. The molecule has 0 amide bonds. The van der Waals surface area contributed by atoms with E-state index in [0.29, 0.717) is 11.6 Å². The number of anilines is 3. The first-order chi connectivity index (χ1) is 8.74. The monoisotopic (exact) mass is 241 g/mol. The van der Waals surface area contributed by atoms with Crippen LogP contribution in [0.25, 0.3) is 11.2 Å². The van der Waals surface area contributed by atoms with Crippen LogP contribution in [0.1, 0.15) is 0 Å². The summed E-state index contributed by atoms with van der Waals surface area (Å²) >= 11 is 0. The average Bonchev–Trinajstić information content (AvgIpc) is 2.73. The summed E-state index contributed by atoms with van der Waals surface area (Å²) in [7, 11) is 1.90. The van der Waals surface area contributed by atoms with Crippen LogP contribution in [0.5, 0.6) is 0 Å². The van der Waals surface area contributed by atoms with Crippen LogP contribution in [0.15, 0.2) is 31.0 Å². The Morgan fingerprint density at radius 3 is 2.94 bits per heavy atom. The third kappa shape index (κ3) is 1.71. The fourth-order valence-electron chi connectivity index (χ4n) is 1.71. The Labute approximate surface area is 103 Å². The van der Waals surface area contributed by atoms with Crippen LogP contribution < -0.4 is 11.1 Å². The molecule has 3 rings (SSSR count). The molecule has 0 bridgehead atoms. The molecule has 0 aliphatic heterocycles. The zero-order chi connectivity index (χ0) is 12.5. The molecule has 7 nitrogen and oxygen atoms in total. The minimum atomic E-state index is 0.416. The predicted octanol–water partition coefficient (Wildman–Crippen LogP) is 1.08. The number of aryl methyl sites for hydroxylation is 1. The number of imidazole rings is 1. The van der Waals surface area contributed by atoms with Gasteiger partial charge in [-0.3, -0.25) is 0 Å². The van der Waals surface area contributed by atoms with Crippen molar-refractivity contribution >= 4 is 28.5 Å². The zero-order valence-electron chi connectivity index (χ0n) is 9.70. The highest BCUT2D eigenvalue weighted by molar-refractivity contribution is 5.87. The maximum Gasteiger partial charge on any atom is 0.161 e. The van der Waals surface area contributed by atoms with Crippen LogP contribution in [-0.2, 0) is 7.05 Å². The maximum absolute atomic E-state index is 5.61. The molecule has 3 aromatic rings. The van der Waals surface area contributed by atoms with E-state index in [4.69, 9.17) is 5.73 Å². The molecule has 0 atom stereocenters. The van der Waals surface area contributed by atoms with Crippen molar-refractivity contribution in [2.75, 3.05) is 11.1 Å². The van der Waals surface area contributed by atoms with Gasteiger partial charge >= 0.3 is 0 Å². The summed E-state index contributed by atoms with van der Waals surface area (Å²) in [6.07, 6.45) is 4.85. The third-order valence-corrected chi connectivity index (χ3v) is 2.55. The first-order valence-electron chi connectivity index (χ1n) is 5.34. The predicted molar refractivity (Wildman–Crippen MR) is 68.2 cm³/mol. The number of nitrogens with one attached hydrogen (secondary N) is 1. The lowest BCUT2D eigenvalue weighted by Gasteiger charge is -2.06. The molecule has 0 saturated carbocycles. The number of rotatable bonds is 2. The second-order valence-electron chi connectivity index (χ2n) is 3.84. The zero-order valence-corrected chi connectivity index (χ0v) is 9.70. The summed E-state index contributed by atoms with van der Waals surface area (Å²) in [5, 5.41) is 3.15. The standard InChI is InChI=1S/C11H11N7/c1-18-6-16-10-7(2-3-13-11(10)18)17-9-4-8(12)14-5-15-9/h2-6H,1H3,(H3,12,13,14,15,17). The fourth-order valence-corrected chi connectivity index (χ4v) is 1.71. The van der Waals surface area contributed by atoms with Crippen molar-refractivity contribution in [1.29, 1.82) is 0 Å². The lowest BCUT2D eigenvalue weighted by molar-refractivity contribution is 0.931. The Morgan fingerprint density at radius 2 is 2.11 bits per heavy atom. The number of nitrogens with zero attached hydrogens (tertiary/aromatic N) is 5. The van der Waals surface area contributed by atoms with Crippen molar-refractivity contribution < 1.29 is 0 Å². The van der Waals surface area contributed by atoms with Gasteiger partial charge in [-0.1, -0.05) is 0 Å². The molecule has 0 aromatic carbocycles. The van der Waals surface area contributed by atoms with E-state index < -0.39 is 0 Å². The number of hydrogen-bond donors (Lipinski definition) is 2. The van der Waals surface area contributed by atoms with Crippen molar-refractivity contribution in [2.24, 2.45) is 7.05 Å².